The molecule has 4 aromatic carbocycles. The number of nitrogens with zero attached hydrogens (tertiary/aromatic N) is 1. The molecule has 0 aromatic heterocycles. The second kappa shape index (κ2) is 8.88. The third-order valence-electron chi connectivity index (χ3n) is 9.63. The summed E-state index contributed by atoms with van der Waals surface area (Å²) in [5.41, 5.74) is 6.41. The summed E-state index contributed by atoms with van der Waals surface area (Å²) >= 11 is 0. The summed E-state index contributed by atoms with van der Waals surface area (Å²) in [6.45, 7) is 10.1. The molecule has 3 unspecified atom stereocenters. The first-order chi connectivity index (χ1) is 19.3. The summed E-state index contributed by atoms with van der Waals surface area (Å²) in [7, 11) is 0. The highest BCUT2D eigenvalue weighted by Gasteiger charge is 2.54. The fourth-order valence-electron chi connectivity index (χ4n) is 6.78. The predicted molar refractivity (Wildman–Crippen MR) is 159 cm³/mol. The van der Waals surface area contributed by atoms with Crippen LogP contribution >= 0.6 is 0 Å². The minimum Gasteiger partial charge on any atom is -0.456 e. The monoisotopic (exact) mass is 530 g/mol. The number of benzene rings is 4. The van der Waals surface area contributed by atoms with E-state index in [0.717, 1.165) is 64.5 Å². The number of hydrogen-bond acceptors (Lipinski definition) is 5. The largest absolute Gasteiger partial charge is 0.456 e. The summed E-state index contributed by atoms with van der Waals surface area (Å²) in [4.78, 5) is 15.8. The second-order valence-corrected chi connectivity index (χ2v) is 11.7. The van der Waals surface area contributed by atoms with E-state index in [1.54, 1.807) is 0 Å². The molecule has 3 atom stereocenters. The van der Waals surface area contributed by atoms with Gasteiger partial charge in [-0.1, -0.05) is 50.2 Å². The summed E-state index contributed by atoms with van der Waals surface area (Å²) in [5.74, 6) is 1.12. The minimum atomic E-state index is -1.09. The maximum atomic E-state index is 13.3. The summed E-state index contributed by atoms with van der Waals surface area (Å²) < 4.78 is 13.1. The lowest BCUT2D eigenvalue weighted by Gasteiger charge is -2.38. The number of fused-ring (bicyclic) bond motifs is 6. The van der Waals surface area contributed by atoms with Gasteiger partial charge in [-0.3, -0.25) is 0 Å². The van der Waals surface area contributed by atoms with Gasteiger partial charge in [0.05, 0.1) is 5.56 Å². The standard InChI is InChI=1S/C35H34N2O3/c1-5-34(4)17-18-37(23(34)3)25-15-16-28-32(20-25)39-31-19-22(2)30(36-24-11-7-6-8-12-24)21-29(31)35(28)27-14-10-9-13-26(27)33(38)40-35/h6-16,19-21,23,36H,5,17-18H2,1-4H3. The molecule has 0 aliphatic carbocycles. The van der Waals surface area contributed by atoms with E-state index in [2.05, 4.69) is 68.2 Å². The van der Waals surface area contributed by atoms with Crippen LogP contribution in [0.1, 0.15) is 66.2 Å². The Morgan fingerprint density at radius 2 is 1.68 bits per heavy atom. The molecule has 5 heteroatoms. The zero-order chi connectivity index (χ0) is 27.6. The average molecular weight is 531 g/mol. The smallest absolute Gasteiger partial charge is 0.340 e. The third-order valence-corrected chi connectivity index (χ3v) is 9.63. The van der Waals surface area contributed by atoms with Crippen molar-refractivity contribution in [3.8, 4) is 11.5 Å². The minimum absolute atomic E-state index is 0.282. The Kier molecular flexibility index (Phi) is 5.50. The van der Waals surface area contributed by atoms with Crippen LogP contribution in [-0.2, 0) is 10.3 Å². The molecule has 1 spiro atoms. The SMILES string of the molecule is CCC1(C)CCN(c2ccc3c(c2)Oc2cc(C)c(Nc4ccccc4)cc2C32OC(=O)c3ccccc32)C1C. The average Bonchev–Trinajstić information content (AvgIpc) is 3.44. The fourth-order valence-corrected chi connectivity index (χ4v) is 6.78. The van der Waals surface area contributed by atoms with Crippen LogP contribution in [0.4, 0.5) is 17.1 Å². The van der Waals surface area contributed by atoms with Crippen molar-refractivity contribution in [2.45, 2.75) is 52.2 Å². The predicted octanol–water partition coefficient (Wildman–Crippen LogP) is 8.32. The van der Waals surface area contributed by atoms with Gasteiger partial charge in [-0.15, -0.1) is 0 Å². The zero-order valence-corrected chi connectivity index (χ0v) is 23.5. The Bertz CT molecular complexity index is 1650. The first kappa shape index (κ1) is 24.8. The lowest BCUT2D eigenvalue weighted by atomic mass is 9.77. The number of ether oxygens (including phenoxy) is 2. The molecule has 7 rings (SSSR count). The van der Waals surface area contributed by atoms with Crippen molar-refractivity contribution >= 4 is 23.0 Å². The second-order valence-electron chi connectivity index (χ2n) is 11.7. The highest BCUT2D eigenvalue weighted by molar-refractivity contribution is 5.97. The van der Waals surface area contributed by atoms with Crippen molar-refractivity contribution < 1.29 is 14.3 Å². The van der Waals surface area contributed by atoms with E-state index >= 15 is 0 Å². The zero-order valence-electron chi connectivity index (χ0n) is 23.5. The van der Waals surface area contributed by atoms with Crippen molar-refractivity contribution in [2.75, 3.05) is 16.8 Å². The first-order valence-corrected chi connectivity index (χ1v) is 14.2. The van der Waals surface area contributed by atoms with Crippen LogP contribution < -0.4 is 15.0 Å². The van der Waals surface area contributed by atoms with E-state index in [0.29, 0.717) is 17.4 Å². The number of anilines is 3. The molecule has 1 N–H and O–H groups in total. The molecular weight excluding hydrogens is 496 g/mol. The summed E-state index contributed by atoms with van der Waals surface area (Å²) in [6, 6.07) is 28.8. The molecule has 40 heavy (non-hydrogen) atoms. The van der Waals surface area contributed by atoms with E-state index in [1.807, 2.05) is 54.6 Å². The van der Waals surface area contributed by atoms with Crippen LogP contribution in [0.25, 0.3) is 0 Å². The van der Waals surface area contributed by atoms with Gasteiger partial charge in [0.2, 0.25) is 0 Å². The van der Waals surface area contributed by atoms with Crippen LogP contribution in [0, 0.1) is 12.3 Å². The fraction of sp³-hybridized carbons (Fsp3) is 0.286. The number of para-hydroxylation sites is 1. The molecule has 0 saturated carbocycles. The van der Waals surface area contributed by atoms with E-state index in [4.69, 9.17) is 9.47 Å². The summed E-state index contributed by atoms with van der Waals surface area (Å²) in [6.07, 6.45) is 2.31. The van der Waals surface area contributed by atoms with Gasteiger partial charge in [0.15, 0.2) is 5.60 Å². The highest BCUT2D eigenvalue weighted by atomic mass is 16.6. The number of rotatable bonds is 4. The van der Waals surface area contributed by atoms with Crippen LogP contribution in [0.3, 0.4) is 0 Å². The van der Waals surface area contributed by atoms with E-state index in [9.17, 15) is 4.79 Å². The lowest BCUT2D eigenvalue weighted by molar-refractivity contribution is 0.0224. The maximum absolute atomic E-state index is 13.3. The Labute approximate surface area is 235 Å². The number of esters is 1. The topological polar surface area (TPSA) is 50.8 Å². The molecule has 4 aromatic rings. The van der Waals surface area contributed by atoms with Crippen molar-refractivity contribution in [2.24, 2.45) is 5.41 Å². The molecule has 202 valence electrons. The van der Waals surface area contributed by atoms with E-state index < -0.39 is 5.60 Å². The van der Waals surface area contributed by atoms with Gasteiger partial charge in [-0.2, -0.15) is 0 Å². The van der Waals surface area contributed by atoms with E-state index in [1.165, 1.54) is 0 Å². The molecule has 3 aliphatic rings. The van der Waals surface area contributed by atoms with Crippen molar-refractivity contribution in [1.29, 1.82) is 0 Å². The van der Waals surface area contributed by atoms with Crippen molar-refractivity contribution in [3.63, 3.8) is 0 Å². The quantitative estimate of drug-likeness (QED) is 0.269. The normalized spacial score (nSPS) is 24.2. The molecule has 3 heterocycles. The molecule has 0 amide bonds. The highest BCUT2D eigenvalue weighted by Crippen LogP contribution is 2.57. The number of hydrogen-bond donors (Lipinski definition) is 1. The Hall–Kier alpha value is -4.25. The lowest BCUT2D eigenvalue weighted by Crippen LogP contribution is -2.36. The maximum Gasteiger partial charge on any atom is 0.340 e. The van der Waals surface area contributed by atoms with Gasteiger partial charge < -0.3 is 19.7 Å². The number of aryl methyl sites for hydroxylation is 1. The molecule has 1 fully saturated rings. The molecule has 0 radical (unpaired) electrons. The molecule has 5 nitrogen and oxygen atoms in total. The van der Waals surface area contributed by atoms with Gasteiger partial charge >= 0.3 is 5.97 Å². The van der Waals surface area contributed by atoms with Gasteiger partial charge in [-0.25, -0.2) is 4.79 Å². The molecular formula is C35H34N2O3. The Morgan fingerprint density at radius 1 is 0.925 bits per heavy atom. The Morgan fingerprint density at radius 3 is 2.45 bits per heavy atom. The van der Waals surface area contributed by atoms with Crippen LogP contribution in [0.2, 0.25) is 0 Å². The Balaban J connectivity index is 1.40. The van der Waals surface area contributed by atoms with Gasteiger partial charge in [-0.05, 0) is 80.1 Å². The van der Waals surface area contributed by atoms with Crippen molar-refractivity contribution in [1.82, 2.24) is 0 Å². The van der Waals surface area contributed by atoms with Crippen molar-refractivity contribution in [3.05, 3.63) is 113 Å². The molecule has 1 saturated heterocycles. The van der Waals surface area contributed by atoms with Gasteiger partial charge in [0, 0.05) is 52.4 Å². The molecule has 0 bridgehead atoms. The number of carbonyl (C=O) groups excluding carboxylic acids is 1. The molecule has 3 aliphatic heterocycles. The van der Waals surface area contributed by atoms with Crippen LogP contribution in [0.15, 0.2) is 84.9 Å². The van der Waals surface area contributed by atoms with E-state index in [-0.39, 0.29) is 11.4 Å². The number of carbonyl (C=O) groups is 1. The van der Waals surface area contributed by atoms with Crippen LogP contribution in [0.5, 0.6) is 11.5 Å². The summed E-state index contributed by atoms with van der Waals surface area (Å²) in [5, 5.41) is 3.55. The van der Waals surface area contributed by atoms with Gasteiger partial charge in [0.25, 0.3) is 0 Å². The van der Waals surface area contributed by atoms with Crippen LogP contribution in [-0.4, -0.2) is 18.6 Å². The first-order valence-electron chi connectivity index (χ1n) is 14.2. The number of nitrogens with one attached hydrogen (secondary N) is 1. The van der Waals surface area contributed by atoms with Gasteiger partial charge in [0.1, 0.15) is 11.5 Å². The third kappa shape index (κ3) is 3.50.